The second-order valence-corrected chi connectivity index (χ2v) is 10.5. The Morgan fingerprint density at radius 3 is 2.44 bits per heavy atom. The van der Waals surface area contributed by atoms with Crippen molar-refractivity contribution in [1.82, 2.24) is 9.97 Å². The fraction of sp³-hybridized carbons (Fsp3) is 0.241. The number of benzene rings is 3. The van der Waals surface area contributed by atoms with Gasteiger partial charge in [-0.05, 0) is 83.9 Å². The van der Waals surface area contributed by atoms with Crippen LogP contribution in [0.15, 0.2) is 78.0 Å². The number of fused-ring (bicyclic) bond motifs is 1. The maximum Gasteiger partial charge on any atom is 0.416 e. The molecule has 0 spiro atoms. The summed E-state index contributed by atoms with van der Waals surface area (Å²) in [5, 5.41) is 0.141. The third-order valence-electron chi connectivity index (χ3n) is 6.69. The molecule has 202 valence electrons. The molecule has 1 aliphatic rings. The number of anilines is 1. The van der Waals surface area contributed by atoms with Crippen LogP contribution in [0.3, 0.4) is 0 Å². The van der Waals surface area contributed by atoms with Crippen molar-refractivity contribution >= 4 is 29.5 Å². The van der Waals surface area contributed by atoms with E-state index in [0.717, 1.165) is 52.1 Å². The third kappa shape index (κ3) is 5.94. The number of aromatic nitrogens is 2. The van der Waals surface area contributed by atoms with Crippen molar-refractivity contribution in [3.05, 3.63) is 106 Å². The van der Waals surface area contributed by atoms with Crippen molar-refractivity contribution in [3.63, 3.8) is 0 Å². The van der Waals surface area contributed by atoms with E-state index in [9.17, 15) is 13.2 Å². The van der Waals surface area contributed by atoms with E-state index in [-0.39, 0.29) is 10.9 Å². The van der Waals surface area contributed by atoms with Gasteiger partial charge in [0.05, 0.1) is 26.3 Å². The van der Waals surface area contributed by atoms with E-state index in [1.54, 1.807) is 32.7 Å². The molecule has 39 heavy (non-hydrogen) atoms. The summed E-state index contributed by atoms with van der Waals surface area (Å²) >= 11 is 7.84. The highest BCUT2D eigenvalue weighted by Gasteiger charge is 2.33. The summed E-state index contributed by atoms with van der Waals surface area (Å²) in [6.07, 6.45) is 0.555. The number of nitrogens with zero attached hydrogens (tertiary/aromatic N) is 3. The molecule has 1 aromatic heterocycles. The molecule has 0 saturated carbocycles. The van der Waals surface area contributed by atoms with Crippen molar-refractivity contribution in [2.75, 3.05) is 18.5 Å². The first-order valence-corrected chi connectivity index (χ1v) is 13.3. The Hall–Kier alpha value is -3.43. The van der Waals surface area contributed by atoms with E-state index < -0.39 is 11.7 Å². The molecule has 5 rings (SSSR count). The van der Waals surface area contributed by atoms with E-state index in [1.165, 1.54) is 18.0 Å². The van der Waals surface area contributed by atoms with Gasteiger partial charge < -0.3 is 9.47 Å². The Bertz CT molecular complexity index is 1470. The Balaban J connectivity index is 1.41. The van der Waals surface area contributed by atoms with Crippen LogP contribution in [0.1, 0.15) is 40.2 Å². The van der Waals surface area contributed by atoms with Crippen molar-refractivity contribution < 1.29 is 22.6 Å². The molecular weight excluding hydrogens is 547 g/mol. The molecule has 1 heterocycles. The molecule has 4 aromatic rings. The lowest BCUT2D eigenvalue weighted by atomic mass is 9.92. The first-order valence-electron chi connectivity index (χ1n) is 12.2. The summed E-state index contributed by atoms with van der Waals surface area (Å²) in [5.74, 6) is 1.90. The van der Waals surface area contributed by atoms with Crippen molar-refractivity contribution in [2.45, 2.75) is 36.4 Å². The van der Waals surface area contributed by atoms with Crippen LogP contribution in [0, 0.1) is 0 Å². The minimum absolute atomic E-state index is 0.0500. The van der Waals surface area contributed by atoms with Gasteiger partial charge in [0.15, 0.2) is 0 Å². The Labute approximate surface area is 234 Å². The van der Waals surface area contributed by atoms with E-state index in [2.05, 4.69) is 16.0 Å². The Kier molecular flexibility index (Phi) is 7.91. The molecule has 0 fully saturated rings. The third-order valence-corrected chi connectivity index (χ3v) is 8.00. The number of rotatable bonds is 8. The van der Waals surface area contributed by atoms with Gasteiger partial charge in [-0.15, -0.1) is 0 Å². The zero-order chi connectivity index (χ0) is 27.6. The second kappa shape index (κ2) is 11.4. The summed E-state index contributed by atoms with van der Waals surface area (Å²) in [5.41, 5.74) is 3.15. The van der Waals surface area contributed by atoms with Crippen LogP contribution >= 0.6 is 23.5 Å². The highest BCUT2D eigenvalue weighted by molar-refractivity contribution is 8.00. The minimum Gasteiger partial charge on any atom is -0.497 e. The maximum atomic E-state index is 13.1. The van der Waals surface area contributed by atoms with Gasteiger partial charge in [-0.3, -0.25) is 4.31 Å². The first kappa shape index (κ1) is 27.1. The van der Waals surface area contributed by atoms with Crippen LogP contribution in [0.4, 0.5) is 19.1 Å². The monoisotopic (exact) mass is 571 g/mol. The van der Waals surface area contributed by atoms with Crippen LogP contribution in [-0.4, -0.2) is 24.2 Å². The lowest BCUT2D eigenvalue weighted by molar-refractivity contribution is -0.137. The van der Waals surface area contributed by atoms with Gasteiger partial charge in [-0.2, -0.15) is 13.2 Å². The van der Waals surface area contributed by atoms with E-state index >= 15 is 0 Å². The summed E-state index contributed by atoms with van der Waals surface area (Å²) in [7, 11) is 3.23. The van der Waals surface area contributed by atoms with Crippen LogP contribution in [0.5, 0.6) is 11.5 Å². The smallest absolute Gasteiger partial charge is 0.416 e. The maximum absolute atomic E-state index is 13.1. The summed E-state index contributed by atoms with van der Waals surface area (Å²) in [6, 6.07) is 17.3. The van der Waals surface area contributed by atoms with Gasteiger partial charge in [0, 0.05) is 39.9 Å². The van der Waals surface area contributed by atoms with E-state index in [4.69, 9.17) is 21.1 Å². The van der Waals surface area contributed by atoms with Crippen LogP contribution in [0.2, 0.25) is 5.02 Å². The number of ether oxygens (including phenoxy) is 2. The summed E-state index contributed by atoms with van der Waals surface area (Å²) < 4.78 is 52.3. The van der Waals surface area contributed by atoms with Crippen LogP contribution in [0.25, 0.3) is 0 Å². The number of hydrogen-bond donors (Lipinski definition) is 0. The standard InChI is InChI=1S/C29H25ClF3N3O2S/c1-37-21-7-4-19(27(16-21)38-2)17-36(28-34-12-3-13-35-28)39-22-8-11-23-18(14-22)5-9-24(23)25-10-6-20(15-26(25)30)29(31,32)33/h3-4,6-8,10-16,24H,5,9,17H2,1-2H3. The molecule has 0 radical (unpaired) electrons. The number of aryl methyl sites for hydroxylation is 1. The molecule has 1 unspecified atom stereocenters. The molecular formula is C29H25ClF3N3O2S. The van der Waals surface area contributed by atoms with Gasteiger partial charge in [0.1, 0.15) is 11.5 Å². The normalized spacial score (nSPS) is 14.7. The Morgan fingerprint density at radius 2 is 1.74 bits per heavy atom. The van der Waals surface area contributed by atoms with Crippen molar-refractivity contribution in [1.29, 1.82) is 0 Å². The van der Waals surface area contributed by atoms with Gasteiger partial charge in [-0.25, -0.2) is 9.97 Å². The first-order chi connectivity index (χ1) is 18.8. The minimum atomic E-state index is -4.42. The lowest BCUT2D eigenvalue weighted by Crippen LogP contribution is -2.17. The van der Waals surface area contributed by atoms with Crippen LogP contribution in [-0.2, 0) is 19.1 Å². The molecule has 0 N–H and O–H groups in total. The summed E-state index contributed by atoms with van der Waals surface area (Å²) in [4.78, 5) is 9.90. The molecule has 0 bridgehead atoms. The topological polar surface area (TPSA) is 47.5 Å². The molecule has 0 amide bonds. The van der Waals surface area contributed by atoms with Gasteiger partial charge in [-0.1, -0.05) is 23.7 Å². The predicted octanol–water partition coefficient (Wildman–Crippen LogP) is 7.96. The van der Waals surface area contributed by atoms with Gasteiger partial charge >= 0.3 is 6.18 Å². The molecule has 3 aromatic carbocycles. The quantitative estimate of drug-likeness (QED) is 0.200. The number of alkyl halides is 3. The van der Waals surface area contributed by atoms with E-state index in [1.807, 2.05) is 34.6 Å². The molecule has 5 nitrogen and oxygen atoms in total. The zero-order valence-electron chi connectivity index (χ0n) is 21.2. The largest absolute Gasteiger partial charge is 0.497 e. The SMILES string of the molecule is COc1ccc(CN(Sc2ccc3c(c2)CCC3c2ccc(C(F)(F)F)cc2Cl)c2ncccn2)c(OC)c1. The average Bonchev–Trinajstić information content (AvgIpc) is 3.35. The fourth-order valence-electron chi connectivity index (χ4n) is 4.79. The summed E-state index contributed by atoms with van der Waals surface area (Å²) in [6.45, 7) is 0.475. The zero-order valence-corrected chi connectivity index (χ0v) is 22.8. The molecule has 1 atom stereocenters. The highest BCUT2D eigenvalue weighted by Crippen LogP contribution is 2.44. The van der Waals surface area contributed by atoms with Crippen LogP contribution < -0.4 is 13.8 Å². The van der Waals surface area contributed by atoms with Crippen molar-refractivity contribution in [3.8, 4) is 11.5 Å². The second-order valence-electron chi connectivity index (χ2n) is 9.04. The van der Waals surface area contributed by atoms with E-state index in [0.29, 0.717) is 24.0 Å². The highest BCUT2D eigenvalue weighted by atomic mass is 35.5. The number of hydrogen-bond acceptors (Lipinski definition) is 6. The molecule has 10 heteroatoms. The molecule has 1 aliphatic carbocycles. The average molecular weight is 572 g/mol. The predicted molar refractivity (Wildman–Crippen MR) is 147 cm³/mol. The molecule has 0 aliphatic heterocycles. The van der Waals surface area contributed by atoms with Gasteiger partial charge in [0.25, 0.3) is 0 Å². The number of halogens is 4. The Morgan fingerprint density at radius 1 is 0.974 bits per heavy atom. The fourth-order valence-corrected chi connectivity index (χ4v) is 6.06. The molecule has 0 saturated heterocycles. The number of methoxy groups -OCH3 is 2. The van der Waals surface area contributed by atoms with Crippen molar-refractivity contribution in [2.24, 2.45) is 0 Å². The van der Waals surface area contributed by atoms with Gasteiger partial charge in [0.2, 0.25) is 5.95 Å². The lowest BCUT2D eigenvalue weighted by Gasteiger charge is -2.23.